The first-order chi connectivity index (χ1) is 25.2. The Labute approximate surface area is 301 Å². The lowest BCUT2D eigenvalue weighted by Gasteiger charge is -2.18. The minimum Gasteiger partial charge on any atom is -0.256 e. The van der Waals surface area contributed by atoms with Gasteiger partial charge in [-0.15, -0.1) is 11.3 Å². The van der Waals surface area contributed by atoms with Crippen molar-refractivity contribution < 1.29 is 0 Å². The number of allylic oxidation sites excluding steroid dienone is 1. The molecule has 2 heteroatoms. The van der Waals surface area contributed by atoms with E-state index in [1.807, 2.05) is 23.6 Å². The Morgan fingerprint density at radius 2 is 1.18 bits per heavy atom. The number of benzene rings is 7. The molecule has 0 aliphatic heterocycles. The molecule has 0 amide bonds. The first-order valence-electron chi connectivity index (χ1n) is 17.6. The summed E-state index contributed by atoms with van der Waals surface area (Å²) in [4.78, 5) is 6.21. The zero-order valence-electron chi connectivity index (χ0n) is 28.0. The molecule has 2 aromatic heterocycles. The molecule has 1 nitrogen and oxygen atoms in total. The van der Waals surface area contributed by atoms with Crippen LogP contribution in [-0.2, 0) is 6.42 Å². The van der Waals surface area contributed by atoms with E-state index >= 15 is 0 Å². The molecule has 0 radical (unpaired) electrons. The summed E-state index contributed by atoms with van der Waals surface area (Å²) in [6, 6.07) is 59.8. The van der Waals surface area contributed by atoms with Crippen LogP contribution in [-0.4, -0.2) is 4.98 Å². The highest BCUT2D eigenvalue weighted by Crippen LogP contribution is 2.41. The average molecular weight is 668 g/mol. The molecule has 1 unspecified atom stereocenters. The molecule has 0 saturated carbocycles. The summed E-state index contributed by atoms with van der Waals surface area (Å²) in [5, 5.41) is 6.34. The van der Waals surface area contributed by atoms with Crippen molar-refractivity contribution >= 4 is 49.0 Å². The Bertz CT molecular complexity index is 2770. The van der Waals surface area contributed by atoms with Crippen LogP contribution in [0.1, 0.15) is 21.9 Å². The Kier molecular flexibility index (Phi) is 7.22. The quantitative estimate of drug-likeness (QED) is 0.167. The second kappa shape index (κ2) is 12.4. The summed E-state index contributed by atoms with van der Waals surface area (Å²) >= 11 is 1.94. The van der Waals surface area contributed by atoms with Crippen LogP contribution in [0.5, 0.6) is 0 Å². The van der Waals surface area contributed by atoms with E-state index in [0.29, 0.717) is 5.92 Å². The maximum Gasteiger partial charge on any atom is 0.0708 e. The minimum atomic E-state index is 0.384. The third-order valence-corrected chi connectivity index (χ3v) is 11.7. The van der Waals surface area contributed by atoms with Crippen LogP contribution in [0.3, 0.4) is 0 Å². The molecule has 0 bridgehead atoms. The predicted octanol–water partition coefficient (Wildman–Crippen LogP) is 13.6. The molecule has 1 atom stereocenters. The third kappa shape index (κ3) is 5.36. The van der Waals surface area contributed by atoms with Crippen molar-refractivity contribution in [2.75, 3.05) is 0 Å². The average Bonchev–Trinajstić information content (AvgIpc) is 3.59. The van der Waals surface area contributed by atoms with Crippen molar-refractivity contribution in [3.05, 3.63) is 192 Å². The highest BCUT2D eigenvalue weighted by Gasteiger charge is 2.20. The molecule has 1 aliphatic carbocycles. The fraction of sp³-hybridized carbons (Fsp3) is 0.0408. The normalized spacial score (nSPS) is 13.9. The molecule has 7 aromatic carbocycles. The van der Waals surface area contributed by atoms with Gasteiger partial charge in [-0.05, 0) is 114 Å². The van der Waals surface area contributed by atoms with E-state index in [1.165, 1.54) is 81.0 Å². The molecule has 51 heavy (non-hydrogen) atoms. The molecule has 0 saturated heterocycles. The largest absolute Gasteiger partial charge is 0.256 e. The summed E-state index contributed by atoms with van der Waals surface area (Å²) in [5.74, 6) is 0.384. The van der Waals surface area contributed by atoms with Crippen molar-refractivity contribution in [3.63, 3.8) is 0 Å². The van der Waals surface area contributed by atoms with Crippen molar-refractivity contribution in [3.8, 4) is 44.6 Å². The topological polar surface area (TPSA) is 12.9 Å². The standard InChI is InChI=1S/C49H33NS/c1-2-14-41-40(9-1)30-46(47-16-5-6-26-50-47)45-29-38(22-24-42(41)45)33-20-18-32(19-21-33)34-10-7-11-35(27-34)36-12-8-13-37(28-36)39-23-25-44-43-15-3-4-17-48(43)51-49(44)31-39/h1-30,39H,31H2. The van der Waals surface area contributed by atoms with Crippen molar-refractivity contribution in [1.82, 2.24) is 4.98 Å². The Balaban J connectivity index is 0.948. The van der Waals surface area contributed by atoms with E-state index in [1.54, 1.807) is 0 Å². The molecular weight excluding hydrogens is 635 g/mol. The van der Waals surface area contributed by atoms with Crippen LogP contribution in [0, 0.1) is 0 Å². The first-order valence-corrected chi connectivity index (χ1v) is 18.4. The van der Waals surface area contributed by atoms with E-state index in [-0.39, 0.29) is 0 Å². The van der Waals surface area contributed by atoms with Gasteiger partial charge in [0.1, 0.15) is 0 Å². The summed E-state index contributed by atoms with van der Waals surface area (Å²) in [5.41, 5.74) is 12.3. The SMILES string of the molecule is C1=CC(c2cccc(-c3cccc(-c4ccc(-c5ccc6c(c5)c(-c5ccccn5)cc5ccccc56)cc4)c3)c2)Cc2sc3ccccc3c21. The lowest BCUT2D eigenvalue weighted by Crippen LogP contribution is -2.03. The molecular formula is C49H33NS. The number of rotatable bonds is 5. The Hall–Kier alpha value is -6.09. The lowest BCUT2D eigenvalue weighted by atomic mass is 9.87. The van der Waals surface area contributed by atoms with Gasteiger partial charge in [-0.2, -0.15) is 0 Å². The number of hydrogen-bond donors (Lipinski definition) is 0. The van der Waals surface area contributed by atoms with Gasteiger partial charge < -0.3 is 0 Å². The zero-order valence-corrected chi connectivity index (χ0v) is 28.8. The van der Waals surface area contributed by atoms with Crippen LogP contribution >= 0.6 is 11.3 Å². The second-order valence-electron chi connectivity index (χ2n) is 13.5. The maximum atomic E-state index is 4.72. The van der Waals surface area contributed by atoms with Gasteiger partial charge in [0.25, 0.3) is 0 Å². The lowest BCUT2D eigenvalue weighted by molar-refractivity contribution is 0.842. The van der Waals surface area contributed by atoms with Gasteiger partial charge in [0, 0.05) is 27.3 Å². The molecule has 9 aromatic rings. The van der Waals surface area contributed by atoms with Gasteiger partial charge in [-0.25, -0.2) is 0 Å². The van der Waals surface area contributed by atoms with Crippen LogP contribution < -0.4 is 0 Å². The zero-order chi connectivity index (χ0) is 33.7. The van der Waals surface area contributed by atoms with Crippen molar-refractivity contribution in [1.29, 1.82) is 0 Å². The third-order valence-electron chi connectivity index (χ3n) is 10.5. The highest BCUT2D eigenvalue weighted by atomic mass is 32.1. The van der Waals surface area contributed by atoms with Gasteiger partial charge in [0.2, 0.25) is 0 Å². The Morgan fingerprint density at radius 1 is 0.490 bits per heavy atom. The number of nitrogens with zero attached hydrogens (tertiary/aromatic N) is 1. The Morgan fingerprint density at radius 3 is 2.00 bits per heavy atom. The summed E-state index contributed by atoms with van der Waals surface area (Å²) < 4.78 is 1.38. The predicted molar refractivity (Wildman–Crippen MR) is 218 cm³/mol. The fourth-order valence-corrected chi connectivity index (χ4v) is 9.11. The van der Waals surface area contributed by atoms with Crippen LogP contribution in [0.2, 0.25) is 0 Å². The van der Waals surface area contributed by atoms with Gasteiger partial charge in [-0.1, -0.05) is 140 Å². The number of pyridine rings is 1. The van der Waals surface area contributed by atoms with E-state index in [2.05, 4.69) is 170 Å². The summed E-state index contributed by atoms with van der Waals surface area (Å²) in [7, 11) is 0. The molecule has 2 heterocycles. The minimum absolute atomic E-state index is 0.384. The van der Waals surface area contributed by atoms with Crippen molar-refractivity contribution in [2.24, 2.45) is 0 Å². The molecule has 0 N–H and O–H groups in total. The fourth-order valence-electron chi connectivity index (χ4n) is 7.86. The number of fused-ring (bicyclic) bond motifs is 6. The van der Waals surface area contributed by atoms with Crippen LogP contribution in [0.4, 0.5) is 0 Å². The van der Waals surface area contributed by atoms with Crippen molar-refractivity contribution in [2.45, 2.75) is 12.3 Å². The molecule has 0 fully saturated rings. The summed E-state index contributed by atoms with van der Waals surface area (Å²) in [6.07, 6.45) is 7.67. The van der Waals surface area contributed by atoms with E-state index in [0.717, 1.165) is 17.7 Å². The number of hydrogen-bond acceptors (Lipinski definition) is 2. The first kappa shape index (κ1) is 29.8. The molecule has 240 valence electrons. The number of thiophene rings is 1. The molecule has 1 aliphatic rings. The van der Waals surface area contributed by atoms with E-state index in [9.17, 15) is 0 Å². The second-order valence-corrected chi connectivity index (χ2v) is 14.6. The van der Waals surface area contributed by atoms with Gasteiger partial charge in [0.15, 0.2) is 0 Å². The molecule has 0 spiro atoms. The number of aromatic nitrogens is 1. The highest BCUT2D eigenvalue weighted by molar-refractivity contribution is 7.19. The van der Waals surface area contributed by atoms with E-state index < -0.39 is 0 Å². The monoisotopic (exact) mass is 667 g/mol. The van der Waals surface area contributed by atoms with Gasteiger partial charge in [-0.3, -0.25) is 4.98 Å². The summed E-state index contributed by atoms with van der Waals surface area (Å²) in [6.45, 7) is 0. The van der Waals surface area contributed by atoms with E-state index in [4.69, 9.17) is 4.98 Å². The molecule has 10 rings (SSSR count). The van der Waals surface area contributed by atoms with Gasteiger partial charge in [0.05, 0.1) is 5.69 Å². The maximum absolute atomic E-state index is 4.72. The smallest absolute Gasteiger partial charge is 0.0708 e. The van der Waals surface area contributed by atoms with Crippen LogP contribution in [0.15, 0.2) is 176 Å². The van der Waals surface area contributed by atoms with Crippen LogP contribution in [0.25, 0.3) is 82.3 Å². The van der Waals surface area contributed by atoms with Gasteiger partial charge >= 0.3 is 0 Å².